The monoisotopic (exact) mass is 272 g/mol. The molecule has 0 atom stereocenters. The first kappa shape index (κ1) is 12.5. The lowest BCUT2D eigenvalue weighted by Crippen LogP contribution is -2.06. The summed E-state index contributed by atoms with van der Waals surface area (Å²) in [4.78, 5) is 8.58. The lowest BCUT2D eigenvalue weighted by atomic mass is 10.3. The second-order valence-corrected chi connectivity index (χ2v) is 4.53. The first-order chi connectivity index (χ1) is 9.69. The number of methoxy groups -OCH3 is 1. The Morgan fingerprint density at radius 3 is 2.90 bits per heavy atom. The van der Waals surface area contributed by atoms with Crippen molar-refractivity contribution in [3.63, 3.8) is 0 Å². The van der Waals surface area contributed by atoms with Gasteiger partial charge in [-0.2, -0.15) is 5.10 Å². The fourth-order valence-electron chi connectivity index (χ4n) is 2.25. The summed E-state index contributed by atoms with van der Waals surface area (Å²) in [5, 5.41) is 4.26. The summed E-state index contributed by atoms with van der Waals surface area (Å²) in [7, 11) is 3.48. The van der Waals surface area contributed by atoms with Crippen LogP contribution in [-0.2, 0) is 20.0 Å². The number of anilines is 1. The molecule has 0 saturated carbocycles. The SMILES string of the molecule is COc1cccc2c1nc(N)n2CCc1ncn(C)n1. The van der Waals surface area contributed by atoms with Gasteiger partial charge in [0.05, 0.1) is 12.6 Å². The van der Waals surface area contributed by atoms with Crippen molar-refractivity contribution in [2.75, 3.05) is 12.8 Å². The molecule has 104 valence electrons. The van der Waals surface area contributed by atoms with E-state index in [1.54, 1.807) is 18.1 Å². The van der Waals surface area contributed by atoms with Crippen molar-refractivity contribution >= 4 is 17.0 Å². The summed E-state index contributed by atoms with van der Waals surface area (Å²) >= 11 is 0. The van der Waals surface area contributed by atoms with Crippen molar-refractivity contribution in [3.05, 3.63) is 30.4 Å². The molecule has 20 heavy (non-hydrogen) atoms. The molecular weight excluding hydrogens is 256 g/mol. The van der Waals surface area contributed by atoms with Crippen LogP contribution >= 0.6 is 0 Å². The zero-order chi connectivity index (χ0) is 14.1. The first-order valence-electron chi connectivity index (χ1n) is 6.32. The molecule has 0 aliphatic rings. The normalized spacial score (nSPS) is 11.1. The molecule has 7 heteroatoms. The Hall–Kier alpha value is -2.57. The zero-order valence-corrected chi connectivity index (χ0v) is 11.4. The summed E-state index contributed by atoms with van der Waals surface area (Å²) in [5.74, 6) is 1.99. The molecule has 0 bridgehead atoms. The van der Waals surface area contributed by atoms with Crippen molar-refractivity contribution in [1.82, 2.24) is 24.3 Å². The fourth-order valence-corrected chi connectivity index (χ4v) is 2.25. The van der Waals surface area contributed by atoms with E-state index in [1.807, 2.05) is 29.8 Å². The minimum Gasteiger partial charge on any atom is -0.494 e. The van der Waals surface area contributed by atoms with E-state index in [9.17, 15) is 0 Å². The standard InChI is InChI=1S/C13H16N6O/c1-18-8-15-11(17-18)6-7-19-9-4-3-5-10(20-2)12(9)16-13(19)14/h3-5,8H,6-7H2,1-2H3,(H2,14,16). The van der Waals surface area contributed by atoms with Gasteiger partial charge in [-0.1, -0.05) is 6.07 Å². The van der Waals surface area contributed by atoms with Crippen LogP contribution in [0.3, 0.4) is 0 Å². The van der Waals surface area contributed by atoms with Crippen LogP contribution in [0, 0.1) is 0 Å². The lowest BCUT2D eigenvalue weighted by Gasteiger charge is -2.05. The molecule has 2 heterocycles. The molecule has 0 spiro atoms. The average Bonchev–Trinajstić information content (AvgIpc) is 2.99. The maximum Gasteiger partial charge on any atom is 0.201 e. The Labute approximate surface area is 116 Å². The van der Waals surface area contributed by atoms with Gasteiger partial charge in [0.2, 0.25) is 5.95 Å². The Morgan fingerprint density at radius 1 is 1.35 bits per heavy atom. The first-order valence-corrected chi connectivity index (χ1v) is 6.32. The summed E-state index contributed by atoms with van der Waals surface area (Å²) in [6, 6.07) is 5.78. The minimum atomic E-state index is 0.473. The molecular formula is C13H16N6O. The Kier molecular flexibility index (Phi) is 3.02. The molecule has 7 nitrogen and oxygen atoms in total. The van der Waals surface area contributed by atoms with Gasteiger partial charge in [-0.05, 0) is 12.1 Å². The van der Waals surface area contributed by atoms with E-state index in [2.05, 4.69) is 15.1 Å². The van der Waals surface area contributed by atoms with Crippen LogP contribution in [0.25, 0.3) is 11.0 Å². The summed E-state index contributed by atoms with van der Waals surface area (Å²) < 4.78 is 8.94. The Bertz CT molecular complexity index is 744. The number of benzene rings is 1. The third-order valence-electron chi connectivity index (χ3n) is 3.20. The number of nitrogen functional groups attached to an aromatic ring is 1. The predicted octanol–water partition coefficient (Wildman–Crippen LogP) is 0.998. The Morgan fingerprint density at radius 2 is 2.20 bits per heavy atom. The highest BCUT2D eigenvalue weighted by atomic mass is 16.5. The van der Waals surface area contributed by atoms with Crippen LogP contribution in [0.4, 0.5) is 5.95 Å². The van der Waals surface area contributed by atoms with E-state index >= 15 is 0 Å². The number of aryl methyl sites for hydroxylation is 3. The van der Waals surface area contributed by atoms with Gasteiger partial charge in [-0.15, -0.1) is 0 Å². The van der Waals surface area contributed by atoms with Gasteiger partial charge < -0.3 is 15.0 Å². The Balaban J connectivity index is 1.93. The van der Waals surface area contributed by atoms with E-state index in [0.29, 0.717) is 18.9 Å². The maximum atomic E-state index is 6.00. The van der Waals surface area contributed by atoms with E-state index in [0.717, 1.165) is 22.6 Å². The highest BCUT2D eigenvalue weighted by Crippen LogP contribution is 2.26. The molecule has 3 rings (SSSR count). The van der Waals surface area contributed by atoms with E-state index in [1.165, 1.54) is 0 Å². The van der Waals surface area contributed by atoms with Gasteiger partial charge in [0.15, 0.2) is 5.82 Å². The van der Waals surface area contributed by atoms with Gasteiger partial charge in [-0.25, -0.2) is 9.97 Å². The molecule has 3 aromatic rings. The van der Waals surface area contributed by atoms with Gasteiger partial charge in [0.1, 0.15) is 17.6 Å². The molecule has 0 fully saturated rings. The molecule has 0 radical (unpaired) electrons. The van der Waals surface area contributed by atoms with Gasteiger partial charge >= 0.3 is 0 Å². The number of nitrogens with two attached hydrogens (primary N) is 1. The fraction of sp³-hybridized carbons (Fsp3) is 0.308. The quantitative estimate of drug-likeness (QED) is 0.766. The van der Waals surface area contributed by atoms with Gasteiger partial charge in [0.25, 0.3) is 0 Å². The number of ether oxygens (including phenoxy) is 1. The van der Waals surface area contributed by atoms with Crippen LogP contribution in [0.5, 0.6) is 5.75 Å². The number of hydrogen-bond donors (Lipinski definition) is 1. The van der Waals surface area contributed by atoms with E-state index in [-0.39, 0.29) is 0 Å². The van der Waals surface area contributed by atoms with E-state index < -0.39 is 0 Å². The maximum absolute atomic E-state index is 6.00. The topological polar surface area (TPSA) is 83.8 Å². The van der Waals surface area contributed by atoms with Crippen molar-refractivity contribution in [3.8, 4) is 5.75 Å². The zero-order valence-electron chi connectivity index (χ0n) is 11.4. The summed E-state index contributed by atoms with van der Waals surface area (Å²) in [6.07, 6.45) is 2.39. The summed E-state index contributed by atoms with van der Waals surface area (Å²) in [5.41, 5.74) is 7.73. The molecule has 0 aliphatic carbocycles. The van der Waals surface area contributed by atoms with Crippen LogP contribution < -0.4 is 10.5 Å². The van der Waals surface area contributed by atoms with Crippen molar-refractivity contribution in [2.24, 2.45) is 7.05 Å². The molecule has 0 unspecified atom stereocenters. The lowest BCUT2D eigenvalue weighted by molar-refractivity contribution is 0.419. The number of imidazole rings is 1. The summed E-state index contributed by atoms with van der Waals surface area (Å²) in [6.45, 7) is 0.680. The van der Waals surface area contributed by atoms with E-state index in [4.69, 9.17) is 10.5 Å². The van der Waals surface area contributed by atoms with Crippen molar-refractivity contribution in [2.45, 2.75) is 13.0 Å². The predicted molar refractivity (Wildman–Crippen MR) is 75.4 cm³/mol. The number of nitrogens with zero attached hydrogens (tertiary/aromatic N) is 5. The average molecular weight is 272 g/mol. The number of fused-ring (bicyclic) bond motifs is 1. The second kappa shape index (κ2) is 4.84. The molecule has 0 amide bonds. The molecule has 0 aliphatic heterocycles. The van der Waals surface area contributed by atoms with Crippen LogP contribution in [0.15, 0.2) is 24.5 Å². The highest BCUT2D eigenvalue weighted by Gasteiger charge is 2.12. The third-order valence-corrected chi connectivity index (χ3v) is 3.20. The van der Waals surface area contributed by atoms with Gasteiger partial charge in [0, 0.05) is 20.0 Å². The second-order valence-electron chi connectivity index (χ2n) is 4.53. The molecule has 2 aromatic heterocycles. The van der Waals surface area contributed by atoms with Crippen molar-refractivity contribution < 1.29 is 4.74 Å². The third kappa shape index (κ3) is 2.07. The van der Waals surface area contributed by atoms with Crippen LogP contribution in [-0.4, -0.2) is 31.4 Å². The molecule has 0 saturated heterocycles. The highest BCUT2D eigenvalue weighted by molar-refractivity contribution is 5.84. The number of aromatic nitrogens is 5. The number of rotatable bonds is 4. The number of para-hydroxylation sites is 1. The smallest absolute Gasteiger partial charge is 0.201 e. The molecule has 2 N–H and O–H groups in total. The van der Waals surface area contributed by atoms with Gasteiger partial charge in [-0.3, -0.25) is 4.68 Å². The largest absolute Gasteiger partial charge is 0.494 e. The van der Waals surface area contributed by atoms with Crippen LogP contribution in [0.1, 0.15) is 5.82 Å². The van der Waals surface area contributed by atoms with Crippen LogP contribution in [0.2, 0.25) is 0 Å². The number of hydrogen-bond acceptors (Lipinski definition) is 5. The van der Waals surface area contributed by atoms with Crippen molar-refractivity contribution in [1.29, 1.82) is 0 Å². The molecule has 1 aromatic carbocycles. The minimum absolute atomic E-state index is 0.473.